The molecular formula is C14H15N3O3. The SMILES string of the molecule is Nc1ccc(OCCNc2cccc([N+](=O)[O-])c2)cc1. The number of nitrogens with one attached hydrogen (secondary N) is 1. The van der Waals surface area contributed by atoms with E-state index in [0.29, 0.717) is 24.5 Å². The van der Waals surface area contributed by atoms with Crippen molar-refractivity contribution in [3.8, 4) is 5.75 Å². The Hall–Kier alpha value is -2.76. The molecule has 6 heteroatoms. The Morgan fingerprint density at radius 3 is 2.65 bits per heavy atom. The molecule has 20 heavy (non-hydrogen) atoms. The molecule has 104 valence electrons. The molecule has 0 heterocycles. The number of nitrogens with two attached hydrogens (primary N) is 1. The maximum atomic E-state index is 10.6. The highest BCUT2D eigenvalue weighted by Crippen LogP contribution is 2.17. The van der Waals surface area contributed by atoms with E-state index in [-0.39, 0.29) is 5.69 Å². The van der Waals surface area contributed by atoms with Crippen LogP contribution in [0.15, 0.2) is 48.5 Å². The lowest BCUT2D eigenvalue weighted by atomic mass is 10.3. The highest BCUT2D eigenvalue weighted by Gasteiger charge is 2.04. The Labute approximate surface area is 116 Å². The zero-order valence-corrected chi connectivity index (χ0v) is 10.8. The quantitative estimate of drug-likeness (QED) is 0.365. The molecule has 6 nitrogen and oxygen atoms in total. The Balaban J connectivity index is 1.79. The monoisotopic (exact) mass is 273 g/mol. The molecular weight excluding hydrogens is 258 g/mol. The number of nitro benzene ring substituents is 1. The number of anilines is 2. The van der Waals surface area contributed by atoms with Crippen LogP contribution in [0.4, 0.5) is 17.1 Å². The van der Waals surface area contributed by atoms with Gasteiger partial charge in [0.2, 0.25) is 0 Å². The average Bonchev–Trinajstić information content (AvgIpc) is 2.46. The molecule has 0 saturated heterocycles. The number of benzene rings is 2. The predicted octanol–water partition coefficient (Wildman–Crippen LogP) is 2.67. The zero-order valence-electron chi connectivity index (χ0n) is 10.8. The molecule has 0 radical (unpaired) electrons. The molecule has 0 aliphatic rings. The van der Waals surface area contributed by atoms with Crippen LogP contribution in [-0.2, 0) is 0 Å². The maximum absolute atomic E-state index is 10.6. The van der Waals surface area contributed by atoms with E-state index in [1.165, 1.54) is 12.1 Å². The standard InChI is InChI=1S/C14H15N3O3/c15-11-4-6-14(7-5-11)20-9-8-16-12-2-1-3-13(10-12)17(18)19/h1-7,10,16H,8-9,15H2. The number of nitro groups is 1. The zero-order chi connectivity index (χ0) is 14.4. The van der Waals surface area contributed by atoms with Crippen LogP contribution in [0.3, 0.4) is 0 Å². The van der Waals surface area contributed by atoms with Crippen molar-refractivity contribution in [3.63, 3.8) is 0 Å². The second-order valence-corrected chi connectivity index (χ2v) is 4.15. The van der Waals surface area contributed by atoms with Crippen LogP contribution in [0, 0.1) is 10.1 Å². The summed E-state index contributed by atoms with van der Waals surface area (Å²) in [6, 6.07) is 13.5. The van der Waals surface area contributed by atoms with Gasteiger partial charge in [-0.05, 0) is 30.3 Å². The lowest BCUT2D eigenvalue weighted by Gasteiger charge is -2.08. The van der Waals surface area contributed by atoms with E-state index < -0.39 is 4.92 Å². The van der Waals surface area contributed by atoms with Crippen LogP contribution < -0.4 is 15.8 Å². The minimum Gasteiger partial charge on any atom is -0.492 e. The molecule has 0 atom stereocenters. The summed E-state index contributed by atoms with van der Waals surface area (Å²) in [7, 11) is 0. The van der Waals surface area contributed by atoms with E-state index in [1.54, 1.807) is 36.4 Å². The summed E-state index contributed by atoms with van der Waals surface area (Å²) in [4.78, 5) is 10.2. The summed E-state index contributed by atoms with van der Waals surface area (Å²) in [6.45, 7) is 0.998. The topological polar surface area (TPSA) is 90.4 Å². The van der Waals surface area contributed by atoms with Crippen molar-refractivity contribution >= 4 is 17.1 Å². The summed E-state index contributed by atoms with van der Waals surface area (Å²) in [6.07, 6.45) is 0. The second-order valence-electron chi connectivity index (χ2n) is 4.15. The Morgan fingerprint density at radius 2 is 1.95 bits per heavy atom. The first-order valence-electron chi connectivity index (χ1n) is 6.12. The number of rotatable bonds is 6. The van der Waals surface area contributed by atoms with E-state index in [9.17, 15) is 10.1 Å². The number of ether oxygens (including phenoxy) is 1. The molecule has 0 aliphatic heterocycles. The normalized spacial score (nSPS) is 10.0. The van der Waals surface area contributed by atoms with Crippen LogP contribution in [0.5, 0.6) is 5.75 Å². The Kier molecular flexibility index (Phi) is 4.39. The Morgan fingerprint density at radius 1 is 1.20 bits per heavy atom. The third-order valence-electron chi connectivity index (χ3n) is 2.64. The van der Waals surface area contributed by atoms with Crippen molar-refractivity contribution in [2.45, 2.75) is 0 Å². The van der Waals surface area contributed by atoms with Crippen molar-refractivity contribution in [2.24, 2.45) is 0 Å². The van der Waals surface area contributed by atoms with Gasteiger partial charge in [0.25, 0.3) is 5.69 Å². The fourth-order valence-corrected chi connectivity index (χ4v) is 1.66. The maximum Gasteiger partial charge on any atom is 0.271 e. The van der Waals surface area contributed by atoms with E-state index in [2.05, 4.69) is 5.32 Å². The summed E-state index contributed by atoms with van der Waals surface area (Å²) in [5.41, 5.74) is 7.02. The molecule has 0 aromatic heterocycles. The minimum atomic E-state index is -0.421. The van der Waals surface area contributed by atoms with Crippen molar-refractivity contribution < 1.29 is 9.66 Å². The molecule has 0 spiro atoms. The third-order valence-corrected chi connectivity index (χ3v) is 2.64. The smallest absolute Gasteiger partial charge is 0.271 e. The van der Waals surface area contributed by atoms with E-state index in [4.69, 9.17) is 10.5 Å². The van der Waals surface area contributed by atoms with Gasteiger partial charge in [-0.2, -0.15) is 0 Å². The first-order chi connectivity index (χ1) is 9.65. The molecule has 0 amide bonds. The summed E-state index contributed by atoms with van der Waals surface area (Å²) in [5.74, 6) is 0.736. The highest BCUT2D eigenvalue weighted by atomic mass is 16.6. The van der Waals surface area contributed by atoms with Gasteiger partial charge in [0.1, 0.15) is 12.4 Å². The molecule has 0 saturated carbocycles. The molecule has 0 fully saturated rings. The van der Waals surface area contributed by atoms with Crippen molar-refractivity contribution in [2.75, 3.05) is 24.2 Å². The molecule has 3 N–H and O–H groups in total. The van der Waals surface area contributed by atoms with Gasteiger partial charge in [-0.3, -0.25) is 10.1 Å². The fourth-order valence-electron chi connectivity index (χ4n) is 1.66. The molecule has 0 bridgehead atoms. The van der Waals surface area contributed by atoms with Crippen molar-refractivity contribution in [1.82, 2.24) is 0 Å². The van der Waals surface area contributed by atoms with Gasteiger partial charge in [0, 0.05) is 30.1 Å². The number of hydrogen-bond donors (Lipinski definition) is 2. The number of nitrogen functional groups attached to an aromatic ring is 1. The van der Waals surface area contributed by atoms with Gasteiger partial charge < -0.3 is 15.8 Å². The van der Waals surface area contributed by atoms with E-state index in [1.807, 2.05) is 0 Å². The lowest BCUT2D eigenvalue weighted by molar-refractivity contribution is -0.384. The van der Waals surface area contributed by atoms with Gasteiger partial charge >= 0.3 is 0 Å². The van der Waals surface area contributed by atoms with Crippen molar-refractivity contribution in [1.29, 1.82) is 0 Å². The third kappa shape index (κ3) is 3.88. The largest absolute Gasteiger partial charge is 0.492 e. The van der Waals surface area contributed by atoms with Crippen LogP contribution >= 0.6 is 0 Å². The van der Waals surface area contributed by atoms with Gasteiger partial charge in [0.05, 0.1) is 4.92 Å². The van der Waals surface area contributed by atoms with Gasteiger partial charge in [-0.1, -0.05) is 6.07 Å². The first-order valence-corrected chi connectivity index (χ1v) is 6.12. The van der Waals surface area contributed by atoms with Crippen LogP contribution in [-0.4, -0.2) is 18.1 Å². The molecule has 2 aromatic rings. The van der Waals surface area contributed by atoms with E-state index >= 15 is 0 Å². The molecule has 0 aliphatic carbocycles. The Bertz CT molecular complexity index is 584. The summed E-state index contributed by atoms with van der Waals surface area (Å²) in [5, 5.41) is 13.7. The van der Waals surface area contributed by atoms with Crippen LogP contribution in [0.25, 0.3) is 0 Å². The predicted molar refractivity (Wildman–Crippen MR) is 77.9 cm³/mol. The van der Waals surface area contributed by atoms with Gasteiger partial charge in [-0.15, -0.1) is 0 Å². The van der Waals surface area contributed by atoms with E-state index in [0.717, 1.165) is 5.75 Å². The molecule has 2 aromatic carbocycles. The summed E-state index contributed by atoms with van der Waals surface area (Å²) < 4.78 is 5.51. The fraction of sp³-hybridized carbons (Fsp3) is 0.143. The minimum absolute atomic E-state index is 0.0643. The first kappa shape index (κ1) is 13.7. The van der Waals surface area contributed by atoms with Gasteiger partial charge in [-0.25, -0.2) is 0 Å². The van der Waals surface area contributed by atoms with Crippen LogP contribution in [0.2, 0.25) is 0 Å². The number of nitrogens with zero attached hydrogens (tertiary/aromatic N) is 1. The molecule has 2 rings (SSSR count). The number of non-ortho nitro benzene ring substituents is 1. The number of hydrogen-bond acceptors (Lipinski definition) is 5. The second kappa shape index (κ2) is 6.42. The van der Waals surface area contributed by atoms with Crippen molar-refractivity contribution in [3.05, 3.63) is 58.6 Å². The molecule has 0 unspecified atom stereocenters. The summed E-state index contributed by atoms with van der Waals surface area (Å²) >= 11 is 0. The highest BCUT2D eigenvalue weighted by molar-refractivity contribution is 5.50. The lowest BCUT2D eigenvalue weighted by Crippen LogP contribution is -2.11. The van der Waals surface area contributed by atoms with Gasteiger partial charge in [0.15, 0.2) is 0 Å². The van der Waals surface area contributed by atoms with Crippen LogP contribution in [0.1, 0.15) is 0 Å². The average molecular weight is 273 g/mol.